The van der Waals surface area contributed by atoms with Crippen molar-refractivity contribution in [2.24, 2.45) is 4.99 Å². The van der Waals surface area contributed by atoms with Gasteiger partial charge in [-0.3, -0.25) is 10.9 Å². The van der Waals surface area contributed by atoms with E-state index in [2.05, 4.69) is 29.7 Å². The Morgan fingerprint density at radius 2 is 1.64 bits per heavy atom. The molecule has 0 radical (unpaired) electrons. The zero-order valence-electron chi connectivity index (χ0n) is 13.5. The number of hydrogen-bond acceptors (Lipinski definition) is 2. The summed E-state index contributed by atoms with van der Waals surface area (Å²) in [6.45, 7) is 5.76. The fourth-order valence-electron chi connectivity index (χ4n) is 1.65. The number of hydrazine groups is 1. The van der Waals surface area contributed by atoms with E-state index in [1.54, 1.807) is 4.90 Å². The van der Waals surface area contributed by atoms with Crippen LogP contribution in [0, 0.1) is 0 Å². The lowest BCUT2D eigenvalue weighted by Gasteiger charge is -2.21. The zero-order chi connectivity index (χ0) is 16.5. The standard InChI is InChI=1S/C15H23N5S2/c1-5-20(6-2)14(21)16-13(12-10-8-7-9-11-12)17-18-15(22)19(3)4/h7-11H,5-6H2,1-4H3,(H,18,22)(H,16,17,21). The number of aliphatic imine (C=N–C) groups is 1. The Balaban J connectivity index is 2.96. The average molecular weight is 338 g/mol. The molecule has 5 nitrogen and oxygen atoms in total. The summed E-state index contributed by atoms with van der Waals surface area (Å²) in [5.41, 5.74) is 6.95. The van der Waals surface area contributed by atoms with E-state index in [0.29, 0.717) is 16.1 Å². The molecule has 1 rings (SSSR count). The van der Waals surface area contributed by atoms with Gasteiger partial charge in [0, 0.05) is 32.7 Å². The maximum atomic E-state index is 5.41. The zero-order valence-corrected chi connectivity index (χ0v) is 15.1. The van der Waals surface area contributed by atoms with Crippen LogP contribution in [-0.4, -0.2) is 53.0 Å². The second-order valence-corrected chi connectivity index (χ2v) is 5.48. The van der Waals surface area contributed by atoms with Gasteiger partial charge in [-0.05, 0) is 38.3 Å². The average Bonchev–Trinajstić information content (AvgIpc) is 2.52. The summed E-state index contributed by atoms with van der Waals surface area (Å²) in [5, 5.41) is 1.12. The van der Waals surface area contributed by atoms with Crippen molar-refractivity contribution in [1.29, 1.82) is 0 Å². The Kier molecular flexibility index (Phi) is 7.76. The summed E-state index contributed by atoms with van der Waals surface area (Å²) in [4.78, 5) is 8.36. The van der Waals surface area contributed by atoms with Crippen molar-refractivity contribution in [2.45, 2.75) is 13.8 Å². The molecule has 0 fully saturated rings. The summed E-state index contributed by atoms with van der Waals surface area (Å²) < 4.78 is 0. The first kappa shape index (κ1) is 18.3. The fraction of sp³-hybridized carbons (Fsp3) is 0.400. The minimum Gasteiger partial charge on any atom is -0.354 e. The van der Waals surface area contributed by atoms with Gasteiger partial charge in [-0.15, -0.1) is 0 Å². The molecule has 0 bridgehead atoms. The monoisotopic (exact) mass is 337 g/mol. The Morgan fingerprint density at radius 1 is 1.05 bits per heavy atom. The summed E-state index contributed by atoms with van der Waals surface area (Å²) in [7, 11) is 3.74. The fourth-order valence-corrected chi connectivity index (χ4v) is 2.05. The van der Waals surface area contributed by atoms with Crippen LogP contribution in [0.1, 0.15) is 19.4 Å². The molecule has 0 aliphatic heterocycles. The van der Waals surface area contributed by atoms with Gasteiger partial charge < -0.3 is 9.80 Å². The molecule has 0 atom stereocenters. The van der Waals surface area contributed by atoms with Gasteiger partial charge in [0.2, 0.25) is 0 Å². The van der Waals surface area contributed by atoms with E-state index in [4.69, 9.17) is 24.4 Å². The van der Waals surface area contributed by atoms with Gasteiger partial charge in [-0.1, -0.05) is 30.3 Å². The van der Waals surface area contributed by atoms with Crippen molar-refractivity contribution in [3.05, 3.63) is 35.9 Å². The summed E-state index contributed by atoms with van der Waals surface area (Å²) in [5.74, 6) is 0.640. The van der Waals surface area contributed by atoms with E-state index < -0.39 is 0 Å². The highest BCUT2D eigenvalue weighted by molar-refractivity contribution is 7.80. The second-order valence-electron chi connectivity index (χ2n) is 4.73. The Morgan fingerprint density at radius 3 is 2.14 bits per heavy atom. The Labute approximate surface area is 143 Å². The minimum atomic E-state index is 0.550. The van der Waals surface area contributed by atoms with Gasteiger partial charge in [0.25, 0.3) is 0 Å². The van der Waals surface area contributed by atoms with Gasteiger partial charge >= 0.3 is 0 Å². The normalized spacial score (nSPS) is 10.8. The van der Waals surface area contributed by atoms with Crippen LogP contribution in [0.5, 0.6) is 0 Å². The first-order valence-corrected chi connectivity index (χ1v) is 7.97. The SMILES string of the molecule is CCN(CC)C(=S)/N=C(/NNC(=S)N(C)C)c1ccccc1. The molecule has 0 spiro atoms. The van der Waals surface area contributed by atoms with E-state index in [1.807, 2.05) is 49.3 Å². The highest BCUT2D eigenvalue weighted by atomic mass is 32.1. The minimum absolute atomic E-state index is 0.550. The van der Waals surface area contributed by atoms with Gasteiger partial charge in [0.1, 0.15) is 0 Å². The predicted octanol–water partition coefficient (Wildman–Crippen LogP) is 2.00. The number of rotatable bonds is 3. The molecule has 0 heterocycles. The molecule has 0 aromatic heterocycles. The van der Waals surface area contributed by atoms with Crippen molar-refractivity contribution in [3.63, 3.8) is 0 Å². The number of amidine groups is 1. The van der Waals surface area contributed by atoms with Crippen LogP contribution in [0.4, 0.5) is 0 Å². The van der Waals surface area contributed by atoms with Crippen molar-refractivity contribution < 1.29 is 0 Å². The quantitative estimate of drug-likeness (QED) is 0.381. The smallest absolute Gasteiger partial charge is 0.197 e. The number of hydrogen-bond donors (Lipinski definition) is 2. The van der Waals surface area contributed by atoms with Crippen molar-refractivity contribution in [3.8, 4) is 0 Å². The van der Waals surface area contributed by atoms with Crippen LogP contribution in [0.3, 0.4) is 0 Å². The van der Waals surface area contributed by atoms with Crippen molar-refractivity contribution in [1.82, 2.24) is 20.7 Å². The summed E-state index contributed by atoms with van der Waals surface area (Å²) in [6.07, 6.45) is 0. The molecule has 0 aliphatic rings. The lowest BCUT2D eigenvalue weighted by Crippen LogP contribution is -2.47. The number of thiocarbonyl (C=S) groups is 2. The molecule has 0 unspecified atom stereocenters. The topological polar surface area (TPSA) is 42.9 Å². The third-order valence-corrected chi connectivity index (χ3v) is 3.80. The lowest BCUT2D eigenvalue weighted by atomic mass is 10.2. The molecule has 2 N–H and O–H groups in total. The van der Waals surface area contributed by atoms with Crippen LogP contribution >= 0.6 is 24.4 Å². The molecular formula is C15H23N5S2. The van der Waals surface area contributed by atoms with E-state index in [-0.39, 0.29) is 0 Å². The summed E-state index contributed by atoms with van der Waals surface area (Å²) >= 11 is 10.6. The molecule has 22 heavy (non-hydrogen) atoms. The molecule has 0 saturated carbocycles. The van der Waals surface area contributed by atoms with Crippen LogP contribution in [-0.2, 0) is 0 Å². The van der Waals surface area contributed by atoms with Gasteiger partial charge in [-0.25, -0.2) is 4.99 Å². The summed E-state index contributed by atoms with van der Waals surface area (Å²) in [6, 6.07) is 9.81. The van der Waals surface area contributed by atoms with Gasteiger partial charge in [-0.2, -0.15) is 0 Å². The Bertz CT molecular complexity index is 524. The molecule has 1 aromatic rings. The molecule has 0 amide bonds. The third-order valence-electron chi connectivity index (χ3n) is 2.98. The largest absolute Gasteiger partial charge is 0.354 e. The molecule has 120 valence electrons. The van der Waals surface area contributed by atoms with Crippen molar-refractivity contribution >= 4 is 40.5 Å². The van der Waals surface area contributed by atoms with Crippen LogP contribution in [0.25, 0.3) is 0 Å². The number of nitrogens with one attached hydrogen (secondary N) is 2. The van der Waals surface area contributed by atoms with E-state index in [1.165, 1.54) is 0 Å². The molecule has 0 saturated heterocycles. The molecular weight excluding hydrogens is 314 g/mol. The predicted molar refractivity (Wildman–Crippen MR) is 101 cm³/mol. The maximum absolute atomic E-state index is 5.41. The van der Waals surface area contributed by atoms with E-state index in [9.17, 15) is 0 Å². The maximum Gasteiger partial charge on any atom is 0.197 e. The van der Waals surface area contributed by atoms with Gasteiger partial charge in [0.05, 0.1) is 0 Å². The van der Waals surface area contributed by atoms with Gasteiger partial charge in [0.15, 0.2) is 16.1 Å². The van der Waals surface area contributed by atoms with Crippen molar-refractivity contribution in [2.75, 3.05) is 27.2 Å². The molecule has 0 aliphatic carbocycles. The van der Waals surface area contributed by atoms with Crippen LogP contribution < -0.4 is 10.9 Å². The Hall–Kier alpha value is -1.73. The molecule has 7 heteroatoms. The molecule has 1 aromatic carbocycles. The number of benzene rings is 1. The first-order valence-electron chi connectivity index (χ1n) is 7.15. The van der Waals surface area contributed by atoms with E-state index in [0.717, 1.165) is 18.7 Å². The highest BCUT2D eigenvalue weighted by Crippen LogP contribution is 2.02. The lowest BCUT2D eigenvalue weighted by molar-refractivity contribution is 0.469. The third kappa shape index (κ3) is 5.57. The van der Waals surface area contributed by atoms with Crippen LogP contribution in [0.2, 0.25) is 0 Å². The second kappa shape index (κ2) is 9.32. The van der Waals surface area contributed by atoms with E-state index >= 15 is 0 Å². The van der Waals surface area contributed by atoms with Crippen LogP contribution in [0.15, 0.2) is 35.3 Å². The highest BCUT2D eigenvalue weighted by Gasteiger charge is 2.09. The first-order chi connectivity index (χ1) is 10.5. The number of nitrogens with zero attached hydrogens (tertiary/aromatic N) is 3.